The van der Waals surface area contributed by atoms with Gasteiger partial charge in [-0.25, -0.2) is 0 Å². The molecule has 1 amide bonds. The van der Waals surface area contributed by atoms with Gasteiger partial charge in [0.2, 0.25) is 0 Å². The molecule has 3 rings (SSSR count). The molecule has 0 saturated carbocycles. The van der Waals surface area contributed by atoms with Crippen molar-refractivity contribution in [2.45, 2.75) is 0 Å². The molecule has 0 bridgehead atoms. The van der Waals surface area contributed by atoms with Gasteiger partial charge in [0.15, 0.2) is 0 Å². The summed E-state index contributed by atoms with van der Waals surface area (Å²) < 4.78 is 0. The van der Waals surface area contributed by atoms with Gasteiger partial charge in [0.05, 0.1) is 16.3 Å². The van der Waals surface area contributed by atoms with Crippen molar-refractivity contribution in [3.8, 4) is 0 Å². The second-order valence-corrected chi connectivity index (χ2v) is 4.00. The lowest BCUT2D eigenvalue weighted by atomic mass is 10.0. The lowest BCUT2D eigenvalue weighted by Crippen LogP contribution is -2.12. The summed E-state index contributed by atoms with van der Waals surface area (Å²) in [5, 5.41) is 4.60. The summed E-state index contributed by atoms with van der Waals surface area (Å²) in [4.78, 5) is 22.8. The highest BCUT2D eigenvalue weighted by atomic mass is 35.5. The topological polar surface area (TPSA) is 46.2 Å². The van der Waals surface area contributed by atoms with Crippen LogP contribution < -0.4 is 5.32 Å². The maximum atomic E-state index is 11.5. The minimum atomic E-state index is -0.618. The summed E-state index contributed by atoms with van der Waals surface area (Å²) in [7, 11) is 0. The number of benzene rings is 2. The summed E-state index contributed by atoms with van der Waals surface area (Å²) in [5.41, 5.74) is 0.782. The second-order valence-electron chi connectivity index (χ2n) is 3.62. The number of rotatable bonds is 0. The molecule has 0 fully saturated rings. The SMILES string of the molecule is O=C1Nc2c(cc3ccccc3c2Cl)C1=O. The molecule has 4 heteroatoms. The predicted octanol–water partition coefficient (Wildman–Crippen LogP) is 2.63. The molecule has 1 N–H and O–H groups in total. The number of ketones is 1. The van der Waals surface area contributed by atoms with E-state index in [0.717, 1.165) is 10.8 Å². The van der Waals surface area contributed by atoms with Crippen LogP contribution in [0.3, 0.4) is 0 Å². The number of anilines is 1. The van der Waals surface area contributed by atoms with Crippen LogP contribution in [0.4, 0.5) is 5.69 Å². The maximum absolute atomic E-state index is 11.5. The maximum Gasteiger partial charge on any atom is 0.296 e. The third-order valence-corrected chi connectivity index (χ3v) is 3.07. The predicted molar refractivity (Wildman–Crippen MR) is 61.9 cm³/mol. The summed E-state index contributed by atoms with van der Waals surface area (Å²) in [6.45, 7) is 0. The third-order valence-electron chi connectivity index (χ3n) is 2.68. The Labute approximate surface area is 96.0 Å². The van der Waals surface area contributed by atoms with Crippen molar-refractivity contribution in [2.24, 2.45) is 0 Å². The number of fused-ring (bicyclic) bond motifs is 2. The number of hydrogen-bond donors (Lipinski definition) is 1. The molecule has 3 nitrogen and oxygen atoms in total. The van der Waals surface area contributed by atoms with Gasteiger partial charge in [-0.15, -0.1) is 0 Å². The van der Waals surface area contributed by atoms with Crippen molar-refractivity contribution in [1.29, 1.82) is 0 Å². The smallest absolute Gasteiger partial charge is 0.296 e. The molecule has 0 atom stereocenters. The molecule has 0 spiro atoms. The van der Waals surface area contributed by atoms with E-state index in [1.807, 2.05) is 24.3 Å². The Morgan fingerprint density at radius 2 is 1.88 bits per heavy atom. The number of nitrogens with one attached hydrogen (secondary N) is 1. The van der Waals surface area contributed by atoms with Crippen LogP contribution in [0.2, 0.25) is 5.02 Å². The highest BCUT2D eigenvalue weighted by Gasteiger charge is 2.30. The van der Waals surface area contributed by atoms with E-state index in [0.29, 0.717) is 16.3 Å². The molecule has 0 unspecified atom stereocenters. The number of carbonyl (C=O) groups is 2. The van der Waals surface area contributed by atoms with Gasteiger partial charge in [-0.2, -0.15) is 0 Å². The highest BCUT2D eigenvalue weighted by molar-refractivity contribution is 6.54. The Balaban J connectivity index is 2.44. The van der Waals surface area contributed by atoms with E-state index in [1.165, 1.54) is 0 Å². The average Bonchev–Trinajstić information content (AvgIpc) is 2.58. The molecule has 16 heavy (non-hydrogen) atoms. The van der Waals surface area contributed by atoms with Gasteiger partial charge < -0.3 is 5.32 Å². The molecular formula is C12H6ClNO2. The zero-order valence-corrected chi connectivity index (χ0v) is 8.84. The molecule has 1 aliphatic rings. The number of Topliss-reactive ketones (excluding diaryl/α,β-unsaturated/α-hetero) is 1. The molecule has 0 saturated heterocycles. The van der Waals surface area contributed by atoms with E-state index in [1.54, 1.807) is 6.07 Å². The monoisotopic (exact) mass is 231 g/mol. The van der Waals surface area contributed by atoms with Crippen molar-refractivity contribution in [1.82, 2.24) is 0 Å². The first-order valence-corrected chi connectivity index (χ1v) is 5.13. The Kier molecular flexibility index (Phi) is 1.79. The highest BCUT2D eigenvalue weighted by Crippen LogP contribution is 2.37. The fourth-order valence-corrected chi connectivity index (χ4v) is 2.22. The quantitative estimate of drug-likeness (QED) is 0.709. The lowest BCUT2D eigenvalue weighted by Gasteiger charge is -2.05. The van der Waals surface area contributed by atoms with Crippen LogP contribution in [0.1, 0.15) is 10.4 Å². The van der Waals surface area contributed by atoms with Crippen molar-refractivity contribution in [3.05, 3.63) is 40.9 Å². The van der Waals surface area contributed by atoms with E-state index < -0.39 is 11.7 Å². The van der Waals surface area contributed by atoms with E-state index in [4.69, 9.17) is 11.6 Å². The van der Waals surface area contributed by atoms with Gasteiger partial charge >= 0.3 is 0 Å². The third kappa shape index (κ3) is 1.09. The summed E-state index contributed by atoms with van der Waals surface area (Å²) in [6, 6.07) is 9.13. The van der Waals surface area contributed by atoms with Crippen molar-refractivity contribution in [2.75, 3.05) is 5.32 Å². The Hall–Kier alpha value is -1.87. The summed E-state index contributed by atoms with van der Waals surface area (Å²) in [5.74, 6) is -1.14. The van der Waals surface area contributed by atoms with Crippen LogP contribution >= 0.6 is 11.6 Å². The van der Waals surface area contributed by atoms with E-state index in [2.05, 4.69) is 5.32 Å². The lowest BCUT2D eigenvalue weighted by molar-refractivity contribution is -0.112. The Bertz CT molecular complexity index is 649. The standard InChI is InChI=1S/C12H6ClNO2/c13-9-7-4-2-1-3-6(7)5-8-10(9)14-12(16)11(8)15/h1-5H,(H,14,15,16). The number of halogens is 1. The first kappa shape index (κ1) is 9.36. The zero-order valence-electron chi connectivity index (χ0n) is 8.08. The molecule has 2 aromatic rings. The fraction of sp³-hybridized carbons (Fsp3) is 0. The van der Waals surface area contributed by atoms with Gasteiger partial charge in [-0.05, 0) is 11.5 Å². The summed E-state index contributed by atoms with van der Waals surface area (Å²) in [6.07, 6.45) is 0. The molecule has 0 aliphatic carbocycles. The average molecular weight is 232 g/mol. The van der Waals surface area contributed by atoms with E-state index in [9.17, 15) is 9.59 Å². The molecule has 0 aromatic heterocycles. The number of hydrogen-bond acceptors (Lipinski definition) is 2. The normalized spacial score (nSPS) is 14.1. The number of amides is 1. The van der Waals surface area contributed by atoms with Crippen LogP contribution in [0.15, 0.2) is 30.3 Å². The Morgan fingerprint density at radius 3 is 2.69 bits per heavy atom. The molecule has 1 aliphatic heterocycles. The molecule has 2 aromatic carbocycles. The van der Waals surface area contributed by atoms with Gasteiger partial charge in [0, 0.05) is 5.39 Å². The molecule has 0 radical (unpaired) electrons. The van der Waals surface area contributed by atoms with Crippen LogP contribution in [0.25, 0.3) is 10.8 Å². The van der Waals surface area contributed by atoms with Crippen LogP contribution in [0.5, 0.6) is 0 Å². The van der Waals surface area contributed by atoms with Crippen molar-refractivity contribution in [3.63, 3.8) is 0 Å². The van der Waals surface area contributed by atoms with Gasteiger partial charge in [-0.3, -0.25) is 9.59 Å². The van der Waals surface area contributed by atoms with Gasteiger partial charge in [-0.1, -0.05) is 35.9 Å². The van der Waals surface area contributed by atoms with Crippen LogP contribution in [0, 0.1) is 0 Å². The van der Waals surface area contributed by atoms with Gasteiger partial charge in [0.1, 0.15) is 0 Å². The Morgan fingerprint density at radius 1 is 1.12 bits per heavy atom. The van der Waals surface area contributed by atoms with Gasteiger partial charge in [0.25, 0.3) is 11.7 Å². The fourth-order valence-electron chi connectivity index (χ4n) is 1.90. The minimum absolute atomic E-state index is 0.355. The molecular weight excluding hydrogens is 226 g/mol. The largest absolute Gasteiger partial charge is 0.317 e. The second kappa shape index (κ2) is 3.06. The van der Waals surface area contributed by atoms with E-state index >= 15 is 0 Å². The minimum Gasteiger partial charge on any atom is -0.317 e. The van der Waals surface area contributed by atoms with Crippen molar-refractivity contribution >= 4 is 39.8 Å². The van der Waals surface area contributed by atoms with Crippen LogP contribution in [-0.2, 0) is 4.79 Å². The van der Waals surface area contributed by atoms with E-state index in [-0.39, 0.29) is 0 Å². The first-order valence-electron chi connectivity index (χ1n) is 4.75. The molecule has 78 valence electrons. The zero-order chi connectivity index (χ0) is 11.3. The molecule has 1 heterocycles. The van der Waals surface area contributed by atoms with Crippen molar-refractivity contribution < 1.29 is 9.59 Å². The number of carbonyl (C=O) groups excluding carboxylic acids is 2. The first-order chi connectivity index (χ1) is 7.68. The summed E-state index contributed by atoms with van der Waals surface area (Å²) >= 11 is 6.15. The van der Waals surface area contributed by atoms with Crippen LogP contribution in [-0.4, -0.2) is 11.7 Å².